The number of nitrogens with zero attached hydrogens (tertiary/aromatic N) is 5. The van der Waals surface area contributed by atoms with E-state index in [1.54, 1.807) is 6.07 Å². The van der Waals surface area contributed by atoms with Crippen LogP contribution in [0, 0.1) is 20.8 Å². The van der Waals surface area contributed by atoms with Crippen LogP contribution in [-0.2, 0) is 23.1 Å². The average Bonchev–Trinajstić information content (AvgIpc) is 3.62. The molecule has 1 N–H and O–H groups in total. The van der Waals surface area contributed by atoms with Gasteiger partial charge in [0.25, 0.3) is 0 Å². The fourth-order valence-corrected chi connectivity index (χ4v) is 8.63. The molecule has 7 aromatic rings. The highest BCUT2D eigenvalue weighted by Gasteiger charge is 2.26. The second kappa shape index (κ2) is 18.6. The van der Waals surface area contributed by atoms with Gasteiger partial charge in [-0.25, -0.2) is 14.5 Å². The molecule has 5 aromatic carbocycles. The second-order valence-corrected chi connectivity index (χ2v) is 18.2. The Bertz CT molecular complexity index is 2810. The standard InChI is InChI=1S/C54H54ClN5O4/c1-35-29-46(30-36(2)51(35)55)64-45-23-16-41(17-24-45)48(60-52-50(37(3)57-60)47(53(62)63)34-43(56-52)20-15-38-11-8-7-9-12-38)32-39-13-10-14-40(31-39)33-49(61)59-27-25-58(26-28-59)44-21-18-42(19-22-44)54(4,5)6/h7-24,29-31,34,48H,25-28,32-33H2,1-6H3,(H,62,63)/b20-15+. The third kappa shape index (κ3) is 9.90. The average molecular weight is 873 g/mol. The van der Waals surface area contributed by atoms with Gasteiger partial charge in [0.15, 0.2) is 5.65 Å². The third-order valence-corrected chi connectivity index (χ3v) is 12.6. The summed E-state index contributed by atoms with van der Waals surface area (Å²) in [5, 5.41) is 16.7. The fraction of sp³-hybridized carbons (Fsp3) is 0.259. The monoisotopic (exact) mass is 871 g/mol. The van der Waals surface area contributed by atoms with Crippen LogP contribution in [0.3, 0.4) is 0 Å². The minimum Gasteiger partial charge on any atom is -0.478 e. The van der Waals surface area contributed by atoms with Crippen LogP contribution in [0.1, 0.15) is 87.5 Å². The van der Waals surface area contributed by atoms with Crippen LogP contribution in [0.25, 0.3) is 23.2 Å². The number of fused-ring (bicyclic) bond motifs is 1. The topological polar surface area (TPSA) is 101 Å². The molecule has 0 aliphatic carbocycles. The first-order valence-electron chi connectivity index (χ1n) is 21.8. The van der Waals surface area contributed by atoms with Crippen LogP contribution >= 0.6 is 11.6 Å². The van der Waals surface area contributed by atoms with E-state index >= 15 is 0 Å². The van der Waals surface area contributed by atoms with Crippen molar-refractivity contribution in [1.29, 1.82) is 0 Å². The lowest BCUT2D eigenvalue weighted by molar-refractivity contribution is -0.130. The number of rotatable bonds is 12. The van der Waals surface area contributed by atoms with E-state index in [1.165, 1.54) is 11.3 Å². The number of aromatic nitrogens is 3. The number of carboxylic acids is 1. The number of carboxylic acid groups (broad SMARTS) is 1. The van der Waals surface area contributed by atoms with Crippen LogP contribution in [0.2, 0.25) is 5.02 Å². The highest BCUT2D eigenvalue weighted by atomic mass is 35.5. The largest absolute Gasteiger partial charge is 0.478 e. The smallest absolute Gasteiger partial charge is 0.336 e. The predicted octanol–water partition coefficient (Wildman–Crippen LogP) is 11.7. The van der Waals surface area contributed by atoms with Gasteiger partial charge in [0, 0.05) is 36.9 Å². The normalized spacial score (nSPS) is 13.7. The number of aryl methyl sites for hydroxylation is 3. The van der Waals surface area contributed by atoms with Gasteiger partial charge in [-0.2, -0.15) is 5.10 Å². The zero-order valence-electron chi connectivity index (χ0n) is 37.3. The van der Waals surface area contributed by atoms with Gasteiger partial charge in [-0.3, -0.25) is 4.79 Å². The lowest BCUT2D eigenvalue weighted by Gasteiger charge is -2.36. The molecule has 1 aliphatic heterocycles. The summed E-state index contributed by atoms with van der Waals surface area (Å²) in [5.41, 5.74) is 9.97. The van der Waals surface area contributed by atoms with Gasteiger partial charge >= 0.3 is 5.97 Å². The van der Waals surface area contributed by atoms with Crippen molar-refractivity contribution in [2.75, 3.05) is 31.1 Å². The highest BCUT2D eigenvalue weighted by molar-refractivity contribution is 6.32. The van der Waals surface area contributed by atoms with Crippen molar-refractivity contribution in [2.24, 2.45) is 0 Å². The number of ether oxygens (including phenoxy) is 1. The van der Waals surface area contributed by atoms with Crippen LogP contribution < -0.4 is 9.64 Å². The van der Waals surface area contributed by atoms with Gasteiger partial charge in [-0.1, -0.05) is 117 Å². The quantitative estimate of drug-likeness (QED) is 0.130. The Labute approximate surface area is 380 Å². The molecule has 1 unspecified atom stereocenters. The number of anilines is 1. The summed E-state index contributed by atoms with van der Waals surface area (Å²) in [6.07, 6.45) is 4.54. The van der Waals surface area contributed by atoms with Crippen molar-refractivity contribution in [3.63, 3.8) is 0 Å². The van der Waals surface area contributed by atoms with Gasteiger partial charge in [0.1, 0.15) is 11.5 Å². The molecule has 10 heteroatoms. The molecule has 64 heavy (non-hydrogen) atoms. The lowest BCUT2D eigenvalue weighted by atomic mass is 9.87. The molecule has 1 aliphatic rings. The number of hydrogen-bond acceptors (Lipinski definition) is 6. The number of piperazine rings is 1. The minimum absolute atomic E-state index is 0.0982. The van der Waals surface area contributed by atoms with Gasteiger partial charge in [0.2, 0.25) is 5.91 Å². The Morgan fingerprint density at radius 1 is 0.781 bits per heavy atom. The molecule has 1 fully saturated rings. The molecule has 3 heterocycles. The van der Waals surface area contributed by atoms with E-state index in [0.717, 1.165) is 51.5 Å². The summed E-state index contributed by atoms with van der Waals surface area (Å²) in [6, 6.07) is 39.7. The number of amides is 1. The number of carbonyl (C=O) groups excluding carboxylic acids is 1. The molecule has 0 bridgehead atoms. The molecule has 1 atom stereocenters. The summed E-state index contributed by atoms with van der Waals surface area (Å²) < 4.78 is 8.14. The van der Waals surface area contributed by atoms with E-state index in [-0.39, 0.29) is 16.9 Å². The zero-order chi connectivity index (χ0) is 45.1. The molecule has 1 saturated heterocycles. The van der Waals surface area contributed by atoms with E-state index in [1.807, 2.05) is 121 Å². The predicted molar refractivity (Wildman–Crippen MR) is 258 cm³/mol. The Morgan fingerprint density at radius 2 is 1.45 bits per heavy atom. The Morgan fingerprint density at radius 3 is 2.11 bits per heavy atom. The number of benzene rings is 5. The molecule has 326 valence electrons. The first kappa shape index (κ1) is 43.9. The van der Waals surface area contributed by atoms with Crippen LogP contribution in [0.4, 0.5) is 5.69 Å². The van der Waals surface area contributed by atoms with E-state index in [2.05, 4.69) is 62.1 Å². The highest BCUT2D eigenvalue weighted by Crippen LogP contribution is 2.34. The van der Waals surface area contributed by atoms with Gasteiger partial charge in [0.05, 0.1) is 34.8 Å². The summed E-state index contributed by atoms with van der Waals surface area (Å²) >= 11 is 6.44. The Kier molecular flexibility index (Phi) is 12.7. The molecule has 2 aromatic heterocycles. The maximum atomic E-state index is 13.8. The van der Waals surface area contributed by atoms with Crippen molar-refractivity contribution >= 4 is 52.4 Å². The second-order valence-electron chi connectivity index (χ2n) is 17.8. The van der Waals surface area contributed by atoms with Gasteiger partial charge in [-0.15, -0.1) is 0 Å². The number of halogens is 1. The summed E-state index contributed by atoms with van der Waals surface area (Å²) in [7, 11) is 0. The van der Waals surface area contributed by atoms with Crippen LogP contribution in [0.15, 0.2) is 121 Å². The van der Waals surface area contributed by atoms with Crippen molar-refractivity contribution in [3.05, 3.63) is 182 Å². The van der Waals surface area contributed by atoms with Crippen molar-refractivity contribution in [1.82, 2.24) is 19.7 Å². The molecule has 0 saturated carbocycles. The summed E-state index contributed by atoms with van der Waals surface area (Å²) in [6.45, 7) is 15.3. The van der Waals surface area contributed by atoms with E-state index in [4.69, 9.17) is 26.4 Å². The number of carbonyl (C=O) groups is 2. The summed E-state index contributed by atoms with van der Waals surface area (Å²) in [4.78, 5) is 36.0. The molecule has 0 radical (unpaired) electrons. The number of aromatic carboxylic acids is 1. The van der Waals surface area contributed by atoms with E-state index in [0.29, 0.717) is 59.9 Å². The maximum absolute atomic E-state index is 13.8. The zero-order valence-corrected chi connectivity index (χ0v) is 38.1. The molecular formula is C54H54ClN5O4. The lowest BCUT2D eigenvalue weighted by Crippen LogP contribution is -2.49. The molecule has 9 nitrogen and oxygen atoms in total. The number of pyridine rings is 1. The van der Waals surface area contributed by atoms with Crippen molar-refractivity contribution in [3.8, 4) is 11.5 Å². The van der Waals surface area contributed by atoms with Crippen molar-refractivity contribution < 1.29 is 19.4 Å². The van der Waals surface area contributed by atoms with E-state index < -0.39 is 12.0 Å². The number of hydrogen-bond donors (Lipinski definition) is 1. The SMILES string of the molecule is Cc1cc(Oc2ccc(C(Cc3cccc(CC(=O)N4CCN(c5ccc(C(C)(C)C)cc5)CC4)c3)n3nc(C)c4c(C(=O)O)cc(/C=C/c5ccccc5)nc43)cc2)cc(C)c1Cl. The fourth-order valence-electron chi connectivity index (χ4n) is 8.52. The van der Waals surface area contributed by atoms with Gasteiger partial charge < -0.3 is 19.6 Å². The van der Waals surface area contributed by atoms with Crippen molar-refractivity contribution in [2.45, 2.75) is 65.8 Å². The third-order valence-electron chi connectivity index (χ3n) is 12.0. The van der Waals surface area contributed by atoms with E-state index in [9.17, 15) is 14.7 Å². The Balaban J connectivity index is 1.08. The maximum Gasteiger partial charge on any atom is 0.336 e. The summed E-state index contributed by atoms with van der Waals surface area (Å²) in [5.74, 6) is 0.402. The molecule has 8 rings (SSSR count). The molecular weight excluding hydrogens is 818 g/mol. The molecule has 0 spiro atoms. The minimum atomic E-state index is -1.05. The first-order valence-corrected chi connectivity index (χ1v) is 22.2. The van der Waals surface area contributed by atoms with Crippen LogP contribution in [-0.4, -0.2) is 62.8 Å². The van der Waals surface area contributed by atoms with Crippen LogP contribution in [0.5, 0.6) is 11.5 Å². The Hall–Kier alpha value is -6.71. The van der Waals surface area contributed by atoms with Gasteiger partial charge in [-0.05, 0) is 120 Å². The first-order chi connectivity index (χ1) is 30.7. The molecule has 1 amide bonds.